The molecule has 0 fully saturated rings. The van der Waals surface area contributed by atoms with Crippen LogP contribution in [0.25, 0.3) is 21.3 Å². The summed E-state index contributed by atoms with van der Waals surface area (Å²) < 4.78 is 12.6. The lowest BCUT2D eigenvalue weighted by Gasteiger charge is -2.53. The van der Waals surface area contributed by atoms with Crippen molar-refractivity contribution in [3.63, 3.8) is 0 Å². The average Bonchev–Trinajstić information content (AvgIpc) is 4.16. The summed E-state index contributed by atoms with van der Waals surface area (Å²) in [5, 5.41) is 0. The number of nitrogens with zero attached hydrogens (tertiary/aromatic N) is 2. The molecule has 13 rings (SSSR count). The smallest absolute Gasteiger partial charge is 0.143 e. The summed E-state index contributed by atoms with van der Waals surface area (Å²) in [4.78, 5) is 9.68. The fraction of sp³-hybridized carbons (Fsp3) is 0.0370. The van der Waals surface area contributed by atoms with Gasteiger partial charge in [0.25, 0.3) is 0 Å². The summed E-state index contributed by atoms with van der Waals surface area (Å²) in [6.07, 6.45) is 3.58. The van der Waals surface area contributed by atoms with E-state index in [9.17, 15) is 0 Å². The number of benzene rings is 6. The predicted molar refractivity (Wildman–Crippen MR) is 244 cm³/mol. The third-order valence-corrected chi connectivity index (χ3v) is 15.2. The molecule has 1 aliphatic carbocycles. The van der Waals surface area contributed by atoms with Crippen molar-refractivity contribution in [3.05, 3.63) is 250 Å². The van der Waals surface area contributed by atoms with E-state index in [2.05, 4.69) is 192 Å². The number of thiophene rings is 2. The van der Waals surface area contributed by atoms with E-state index in [1.165, 1.54) is 43.1 Å². The Morgan fingerprint density at radius 3 is 1.00 bits per heavy atom. The first-order valence-electron chi connectivity index (χ1n) is 20.2. The fourth-order valence-corrected chi connectivity index (χ4v) is 13.3. The van der Waals surface area contributed by atoms with Crippen molar-refractivity contribution < 1.29 is 8.83 Å². The molecule has 4 nitrogen and oxygen atoms in total. The Balaban J connectivity index is 1.23. The summed E-state index contributed by atoms with van der Waals surface area (Å²) in [6, 6.07) is 70.9. The van der Waals surface area contributed by atoms with E-state index in [1.807, 2.05) is 34.8 Å². The maximum absolute atomic E-state index is 6.29. The van der Waals surface area contributed by atoms with E-state index >= 15 is 0 Å². The Morgan fingerprint density at radius 1 is 0.333 bits per heavy atom. The molecule has 2 spiro atoms. The van der Waals surface area contributed by atoms with Gasteiger partial charge in [-0.15, -0.1) is 22.7 Å². The van der Waals surface area contributed by atoms with Crippen LogP contribution in [0.4, 0.5) is 34.1 Å². The molecule has 0 N–H and O–H groups in total. The third-order valence-electron chi connectivity index (χ3n) is 12.7. The van der Waals surface area contributed by atoms with Gasteiger partial charge in [0.15, 0.2) is 0 Å². The standard InChI is InChI=1S/C54H34N2O2S2/c1-3-17-35(18-4-1)55-43-25-11-7-21-37(43)53(38-22-8-12-26-44(38)55)41-33-49(47-29-15-31-57-47)60-52(41)54(42-34-50(59-51(42)53)48-30-16-32-58-48)39-23-9-13-27-45(39)56(36-19-5-2-6-20-36)46-28-14-10-24-40(46)54/h1-34H. The minimum atomic E-state index is -0.703. The monoisotopic (exact) mass is 806 g/mol. The van der Waals surface area contributed by atoms with Crippen LogP contribution < -0.4 is 9.80 Å². The lowest BCUT2D eigenvalue weighted by atomic mass is 9.53. The first-order valence-corrected chi connectivity index (χ1v) is 21.9. The third kappa shape index (κ3) is 4.34. The van der Waals surface area contributed by atoms with Gasteiger partial charge in [-0.05, 0) is 118 Å². The molecule has 6 heteroatoms. The Bertz CT molecular complexity index is 2870. The molecule has 6 heterocycles. The van der Waals surface area contributed by atoms with Gasteiger partial charge in [-0.1, -0.05) is 109 Å². The lowest BCUT2D eigenvalue weighted by molar-refractivity contribution is 0.583. The second kappa shape index (κ2) is 12.7. The highest BCUT2D eigenvalue weighted by molar-refractivity contribution is 7.17. The highest BCUT2D eigenvalue weighted by atomic mass is 32.1. The van der Waals surface area contributed by atoms with E-state index in [4.69, 9.17) is 8.83 Å². The van der Waals surface area contributed by atoms with Crippen LogP contribution in [0.3, 0.4) is 0 Å². The zero-order valence-electron chi connectivity index (χ0n) is 32.2. The number of furan rings is 2. The first-order chi connectivity index (χ1) is 29.8. The molecular weight excluding hydrogens is 773 g/mol. The van der Waals surface area contributed by atoms with Crippen molar-refractivity contribution in [1.82, 2.24) is 0 Å². The number of rotatable bonds is 4. The summed E-state index contributed by atoms with van der Waals surface area (Å²) in [7, 11) is 0. The lowest BCUT2D eigenvalue weighted by Crippen LogP contribution is -2.47. The van der Waals surface area contributed by atoms with Crippen molar-refractivity contribution >= 4 is 56.8 Å². The number of anilines is 6. The molecule has 0 amide bonds. The van der Waals surface area contributed by atoms with Crippen molar-refractivity contribution in [2.75, 3.05) is 9.80 Å². The predicted octanol–water partition coefficient (Wildman–Crippen LogP) is 15.0. The largest absolute Gasteiger partial charge is 0.464 e. The van der Waals surface area contributed by atoms with Crippen molar-refractivity contribution in [2.24, 2.45) is 0 Å². The summed E-state index contributed by atoms with van der Waals surface area (Å²) in [5.74, 6) is 1.73. The van der Waals surface area contributed by atoms with Crippen molar-refractivity contribution in [2.45, 2.75) is 10.8 Å². The fourth-order valence-electron chi connectivity index (χ4n) is 10.5. The number of hydrogen-bond donors (Lipinski definition) is 0. The van der Waals surface area contributed by atoms with Crippen LogP contribution in [0.15, 0.2) is 215 Å². The zero-order valence-corrected chi connectivity index (χ0v) is 33.8. The highest BCUT2D eigenvalue weighted by Crippen LogP contribution is 2.71. The minimum Gasteiger partial charge on any atom is -0.464 e. The summed E-state index contributed by atoms with van der Waals surface area (Å²) in [5.41, 5.74) is 13.0. The van der Waals surface area contributed by atoms with E-state index < -0.39 is 10.8 Å². The van der Waals surface area contributed by atoms with E-state index in [0.29, 0.717) is 0 Å². The van der Waals surface area contributed by atoms with Gasteiger partial charge in [-0.3, -0.25) is 0 Å². The molecule has 0 saturated carbocycles. The van der Waals surface area contributed by atoms with Gasteiger partial charge in [0.2, 0.25) is 0 Å². The van der Waals surface area contributed by atoms with Gasteiger partial charge in [0.1, 0.15) is 11.5 Å². The Hall–Kier alpha value is -7.12. The molecule has 3 aliphatic rings. The quantitative estimate of drug-likeness (QED) is 0.177. The minimum absolute atomic E-state index is 0.703. The molecule has 0 bridgehead atoms. The molecule has 10 aromatic rings. The zero-order chi connectivity index (χ0) is 39.4. The second-order valence-corrected chi connectivity index (χ2v) is 17.7. The van der Waals surface area contributed by atoms with Crippen LogP contribution >= 0.6 is 22.7 Å². The van der Waals surface area contributed by atoms with Crippen LogP contribution in [0, 0.1) is 0 Å². The van der Waals surface area contributed by atoms with E-state index in [1.54, 1.807) is 12.5 Å². The molecule has 4 aromatic heterocycles. The van der Waals surface area contributed by atoms with Gasteiger partial charge in [-0.2, -0.15) is 0 Å². The molecule has 0 radical (unpaired) electrons. The first kappa shape index (κ1) is 33.8. The van der Waals surface area contributed by atoms with Crippen LogP contribution in [-0.4, -0.2) is 0 Å². The average molecular weight is 807 g/mol. The molecule has 284 valence electrons. The van der Waals surface area contributed by atoms with Crippen LogP contribution in [0.1, 0.15) is 43.1 Å². The highest BCUT2D eigenvalue weighted by Gasteiger charge is 2.61. The van der Waals surface area contributed by atoms with Gasteiger partial charge in [0.05, 0.1) is 55.9 Å². The Morgan fingerprint density at radius 2 is 0.667 bits per heavy atom. The maximum atomic E-state index is 6.29. The number of fused-ring (bicyclic) bond motifs is 14. The van der Waals surface area contributed by atoms with Gasteiger partial charge in [-0.25, -0.2) is 0 Å². The number of hydrogen-bond acceptors (Lipinski definition) is 6. The maximum Gasteiger partial charge on any atom is 0.143 e. The summed E-state index contributed by atoms with van der Waals surface area (Å²) >= 11 is 3.72. The second-order valence-electron chi connectivity index (χ2n) is 15.6. The summed E-state index contributed by atoms with van der Waals surface area (Å²) in [6.45, 7) is 0. The van der Waals surface area contributed by atoms with Crippen LogP contribution in [0.5, 0.6) is 0 Å². The van der Waals surface area contributed by atoms with E-state index in [0.717, 1.165) is 55.4 Å². The van der Waals surface area contributed by atoms with Crippen molar-refractivity contribution in [1.29, 1.82) is 0 Å². The normalized spacial score (nSPS) is 14.9. The van der Waals surface area contributed by atoms with Crippen LogP contribution in [0.2, 0.25) is 0 Å². The van der Waals surface area contributed by atoms with Gasteiger partial charge < -0.3 is 18.6 Å². The molecule has 0 unspecified atom stereocenters. The molecule has 60 heavy (non-hydrogen) atoms. The molecular formula is C54H34N2O2S2. The molecule has 2 aliphatic heterocycles. The van der Waals surface area contributed by atoms with Crippen LogP contribution in [-0.2, 0) is 10.8 Å². The molecule has 6 aromatic carbocycles. The van der Waals surface area contributed by atoms with Crippen molar-refractivity contribution in [3.8, 4) is 21.3 Å². The number of para-hydroxylation sites is 6. The molecule has 0 atom stereocenters. The Kier molecular flexibility index (Phi) is 7.15. The van der Waals surface area contributed by atoms with Gasteiger partial charge >= 0.3 is 0 Å². The topological polar surface area (TPSA) is 32.8 Å². The Labute approximate surface area is 355 Å². The van der Waals surface area contributed by atoms with Gasteiger partial charge in [0, 0.05) is 21.1 Å². The SMILES string of the molecule is c1ccc(N2c3ccccc3C3(c4ccccc42)c2cc(-c4ccco4)sc2C2(c4ccccc4N(c4ccccc4)c4ccccc42)c2cc(-c4ccco4)sc23)cc1. The molecule has 0 saturated heterocycles. The van der Waals surface area contributed by atoms with E-state index in [-0.39, 0.29) is 0 Å².